The van der Waals surface area contributed by atoms with Crippen molar-refractivity contribution < 1.29 is 28.3 Å². The molecule has 3 aromatic rings. The van der Waals surface area contributed by atoms with Crippen LogP contribution in [0.3, 0.4) is 0 Å². The highest BCUT2D eigenvalue weighted by atomic mass is 19.1. The lowest BCUT2D eigenvalue weighted by molar-refractivity contribution is -0.132. The van der Waals surface area contributed by atoms with Crippen LogP contribution in [0.2, 0.25) is 0 Å². The SMILES string of the molecule is CN1CC[C@H](NC(=O)c2cc(C(=O)NCc3ccc4c(c3)CC(=O)O4)nc3c(F)cnn23)C1=O. The average molecular weight is 466 g/mol. The average Bonchev–Trinajstić information content (AvgIpc) is 3.48. The van der Waals surface area contributed by atoms with Gasteiger partial charge in [-0.2, -0.15) is 5.10 Å². The Kier molecular flexibility index (Phi) is 5.19. The molecular weight excluding hydrogens is 447 g/mol. The topological polar surface area (TPSA) is 135 Å². The van der Waals surface area contributed by atoms with E-state index in [4.69, 9.17) is 4.74 Å². The van der Waals surface area contributed by atoms with E-state index in [2.05, 4.69) is 20.7 Å². The predicted octanol–water partition coefficient (Wildman–Crippen LogP) is 0.220. The molecule has 0 saturated carbocycles. The Morgan fingerprint density at radius 2 is 2.06 bits per heavy atom. The number of esters is 1. The van der Waals surface area contributed by atoms with Crippen molar-refractivity contribution in [2.24, 2.45) is 0 Å². The molecule has 0 unspecified atom stereocenters. The van der Waals surface area contributed by atoms with Crippen molar-refractivity contribution in [3.8, 4) is 5.75 Å². The number of fused-ring (bicyclic) bond motifs is 2. The number of likely N-dealkylation sites (tertiary alicyclic amines) is 1. The summed E-state index contributed by atoms with van der Waals surface area (Å²) in [6.07, 6.45) is 1.49. The molecule has 1 atom stereocenters. The van der Waals surface area contributed by atoms with Gasteiger partial charge in [0.2, 0.25) is 5.91 Å². The van der Waals surface area contributed by atoms with E-state index in [0.29, 0.717) is 18.7 Å². The van der Waals surface area contributed by atoms with Gasteiger partial charge in [0.25, 0.3) is 11.8 Å². The van der Waals surface area contributed by atoms with Gasteiger partial charge in [-0.1, -0.05) is 6.07 Å². The second-order valence-corrected chi connectivity index (χ2v) is 8.10. The van der Waals surface area contributed by atoms with Crippen molar-refractivity contribution in [2.45, 2.75) is 25.4 Å². The van der Waals surface area contributed by atoms with E-state index in [9.17, 15) is 23.6 Å². The number of carbonyl (C=O) groups excluding carboxylic acids is 4. The number of carbonyl (C=O) groups is 4. The Hall–Kier alpha value is -4.35. The van der Waals surface area contributed by atoms with Crippen LogP contribution in [0.4, 0.5) is 4.39 Å². The molecule has 12 heteroatoms. The molecule has 0 bridgehead atoms. The lowest BCUT2D eigenvalue weighted by Crippen LogP contribution is -2.41. The third-order valence-corrected chi connectivity index (χ3v) is 5.76. The van der Waals surface area contributed by atoms with Gasteiger partial charge in [-0.25, -0.2) is 13.9 Å². The number of amides is 3. The molecule has 3 amide bonds. The third kappa shape index (κ3) is 3.83. The number of rotatable bonds is 5. The molecule has 1 saturated heterocycles. The van der Waals surface area contributed by atoms with Crippen LogP contribution in [0.5, 0.6) is 5.75 Å². The van der Waals surface area contributed by atoms with Crippen molar-refractivity contribution in [3.05, 3.63) is 58.8 Å². The third-order valence-electron chi connectivity index (χ3n) is 5.76. The zero-order valence-corrected chi connectivity index (χ0v) is 18.0. The minimum absolute atomic E-state index is 0.110. The molecule has 0 spiro atoms. The van der Waals surface area contributed by atoms with Crippen molar-refractivity contribution in [1.82, 2.24) is 30.1 Å². The Balaban J connectivity index is 1.37. The summed E-state index contributed by atoms with van der Waals surface area (Å²) in [7, 11) is 1.64. The molecule has 0 radical (unpaired) electrons. The molecular formula is C22H19FN6O5. The van der Waals surface area contributed by atoms with Crippen molar-refractivity contribution in [3.63, 3.8) is 0 Å². The highest BCUT2D eigenvalue weighted by Gasteiger charge is 2.31. The highest BCUT2D eigenvalue weighted by Crippen LogP contribution is 2.26. The number of ether oxygens (including phenoxy) is 1. The molecule has 1 aromatic carbocycles. The van der Waals surface area contributed by atoms with Gasteiger partial charge in [-0.3, -0.25) is 19.2 Å². The Morgan fingerprint density at radius 1 is 1.24 bits per heavy atom. The molecule has 34 heavy (non-hydrogen) atoms. The lowest BCUT2D eigenvalue weighted by atomic mass is 10.1. The van der Waals surface area contributed by atoms with Crippen LogP contribution in [-0.2, 0) is 22.6 Å². The number of likely N-dealkylation sites (N-methyl/N-ethyl adjacent to an activating group) is 1. The van der Waals surface area contributed by atoms with Gasteiger partial charge in [-0.05, 0) is 24.1 Å². The zero-order chi connectivity index (χ0) is 24.0. The maximum absolute atomic E-state index is 14.3. The molecule has 2 aliphatic heterocycles. The van der Waals surface area contributed by atoms with E-state index in [1.165, 1.54) is 11.0 Å². The summed E-state index contributed by atoms with van der Waals surface area (Å²) in [6.45, 7) is 0.613. The minimum atomic E-state index is -0.802. The molecule has 1 fully saturated rings. The van der Waals surface area contributed by atoms with E-state index in [0.717, 1.165) is 21.8 Å². The first-order chi connectivity index (χ1) is 16.3. The van der Waals surface area contributed by atoms with Crippen LogP contribution in [0.15, 0.2) is 30.5 Å². The normalized spacial score (nSPS) is 17.1. The number of halogens is 1. The maximum Gasteiger partial charge on any atom is 0.315 e. The summed E-state index contributed by atoms with van der Waals surface area (Å²) in [5.41, 5.74) is 0.842. The van der Waals surface area contributed by atoms with E-state index >= 15 is 0 Å². The molecule has 4 heterocycles. The van der Waals surface area contributed by atoms with Crippen molar-refractivity contribution >= 4 is 29.3 Å². The first-order valence-corrected chi connectivity index (χ1v) is 10.5. The van der Waals surface area contributed by atoms with Crippen molar-refractivity contribution in [1.29, 1.82) is 0 Å². The molecule has 0 aliphatic carbocycles. The number of benzene rings is 1. The lowest BCUT2D eigenvalue weighted by Gasteiger charge is -2.13. The van der Waals surface area contributed by atoms with Crippen molar-refractivity contribution in [2.75, 3.05) is 13.6 Å². The fourth-order valence-electron chi connectivity index (χ4n) is 3.97. The summed E-state index contributed by atoms with van der Waals surface area (Å²) < 4.78 is 20.3. The van der Waals surface area contributed by atoms with Crippen LogP contribution >= 0.6 is 0 Å². The van der Waals surface area contributed by atoms with E-state index in [1.54, 1.807) is 25.2 Å². The standard InChI is InChI=1S/C22H19FN6O5/c1-28-5-4-14(22(28)33)27-21(32)16-8-15(26-19-13(23)10-25-29(16)19)20(31)24-9-11-2-3-17-12(6-11)7-18(30)34-17/h2-3,6,8,10,14H,4-5,7,9H2,1H3,(H,24,31)(H,27,32)/t14-/m0/s1. The number of nitrogens with zero attached hydrogens (tertiary/aromatic N) is 4. The van der Waals surface area contributed by atoms with E-state index in [1.807, 2.05) is 0 Å². The van der Waals surface area contributed by atoms with Gasteiger partial charge in [0.05, 0.1) is 12.6 Å². The summed E-state index contributed by atoms with van der Waals surface area (Å²) in [4.78, 5) is 54.8. The van der Waals surface area contributed by atoms with Gasteiger partial charge >= 0.3 is 5.97 Å². The quantitative estimate of drug-likeness (QED) is 0.406. The summed E-state index contributed by atoms with van der Waals surface area (Å²) in [5.74, 6) is -2.20. The number of nitrogens with one attached hydrogen (secondary N) is 2. The first-order valence-electron chi connectivity index (χ1n) is 10.5. The number of hydrogen-bond acceptors (Lipinski definition) is 7. The Morgan fingerprint density at radius 3 is 2.82 bits per heavy atom. The zero-order valence-electron chi connectivity index (χ0n) is 18.0. The summed E-state index contributed by atoms with van der Waals surface area (Å²) in [6, 6.07) is 5.59. The van der Waals surface area contributed by atoms with Gasteiger partial charge in [0.15, 0.2) is 11.5 Å². The molecule has 2 aliphatic rings. The van der Waals surface area contributed by atoms with Gasteiger partial charge < -0.3 is 20.3 Å². The predicted molar refractivity (Wildman–Crippen MR) is 113 cm³/mol. The second-order valence-electron chi connectivity index (χ2n) is 8.10. The van der Waals surface area contributed by atoms with E-state index in [-0.39, 0.29) is 41.9 Å². The maximum atomic E-state index is 14.3. The fraction of sp³-hybridized carbons (Fsp3) is 0.273. The monoisotopic (exact) mass is 466 g/mol. The van der Waals surface area contributed by atoms with Crippen LogP contribution in [-0.4, -0.2) is 62.8 Å². The van der Waals surface area contributed by atoms with Crippen LogP contribution in [0, 0.1) is 5.82 Å². The molecule has 2 aromatic heterocycles. The molecule has 174 valence electrons. The Bertz CT molecular complexity index is 1370. The van der Waals surface area contributed by atoms with Gasteiger partial charge in [-0.15, -0.1) is 0 Å². The number of hydrogen-bond donors (Lipinski definition) is 2. The van der Waals surface area contributed by atoms with Crippen LogP contribution < -0.4 is 15.4 Å². The molecule has 11 nitrogen and oxygen atoms in total. The highest BCUT2D eigenvalue weighted by molar-refractivity contribution is 6.00. The van der Waals surface area contributed by atoms with Crippen LogP contribution in [0.25, 0.3) is 5.65 Å². The first kappa shape index (κ1) is 21.5. The molecule has 2 N–H and O–H groups in total. The number of aromatic nitrogens is 3. The smallest absolute Gasteiger partial charge is 0.315 e. The van der Waals surface area contributed by atoms with Crippen LogP contribution in [0.1, 0.15) is 38.5 Å². The van der Waals surface area contributed by atoms with Gasteiger partial charge in [0.1, 0.15) is 23.2 Å². The largest absolute Gasteiger partial charge is 0.426 e. The Labute approximate surface area is 191 Å². The minimum Gasteiger partial charge on any atom is -0.426 e. The van der Waals surface area contributed by atoms with Gasteiger partial charge in [0, 0.05) is 31.8 Å². The van der Waals surface area contributed by atoms with E-state index < -0.39 is 23.7 Å². The second kappa shape index (κ2) is 8.21. The molecule has 5 rings (SSSR count). The fourth-order valence-corrected chi connectivity index (χ4v) is 3.97. The summed E-state index contributed by atoms with van der Waals surface area (Å²) >= 11 is 0. The summed E-state index contributed by atoms with van der Waals surface area (Å²) in [5, 5.41) is 9.12.